The molecule has 0 saturated carbocycles. The van der Waals surface area contributed by atoms with E-state index in [2.05, 4.69) is 28.3 Å². The fourth-order valence-corrected chi connectivity index (χ4v) is 3.63. The van der Waals surface area contributed by atoms with Crippen molar-refractivity contribution in [1.29, 1.82) is 0 Å². The molecule has 0 unspecified atom stereocenters. The summed E-state index contributed by atoms with van der Waals surface area (Å²) in [5.74, 6) is 0. The number of ether oxygens (including phenoxy) is 1. The highest BCUT2D eigenvalue weighted by Gasteiger charge is 2.24. The number of anilines is 1. The summed E-state index contributed by atoms with van der Waals surface area (Å²) in [7, 11) is 0. The number of nitrogens with two attached hydrogens (primary N) is 1. The highest BCUT2D eigenvalue weighted by atomic mass is 32.1. The number of hydrogen-bond donors (Lipinski definition) is 1. The predicted octanol–water partition coefficient (Wildman–Crippen LogP) is 2.92. The lowest BCUT2D eigenvalue weighted by atomic mass is 10.1. The Kier molecular flexibility index (Phi) is 4.24. The largest absolute Gasteiger partial charge is 0.399 e. The van der Waals surface area contributed by atoms with Crippen molar-refractivity contribution < 1.29 is 4.74 Å². The molecule has 1 aliphatic heterocycles. The molecule has 3 heterocycles. The zero-order chi connectivity index (χ0) is 14.8. The average Bonchev–Trinajstić information content (AvgIpc) is 2.84. The van der Waals surface area contributed by atoms with Crippen LogP contribution in [0.2, 0.25) is 0 Å². The summed E-state index contributed by atoms with van der Waals surface area (Å²) in [5, 5.41) is 2.16. The van der Waals surface area contributed by atoms with Gasteiger partial charge in [-0.25, -0.2) is 0 Å². The van der Waals surface area contributed by atoms with Gasteiger partial charge < -0.3 is 10.5 Å². The molecule has 1 aliphatic rings. The van der Waals surface area contributed by atoms with Gasteiger partial charge >= 0.3 is 0 Å². The number of morpholine rings is 1. The number of nitrogen functional groups attached to an aromatic ring is 1. The standard InChI is InChI=1S/C16H21N3OS/c1-11-3-6-21-16(11)10-19-4-5-20-15(9-19)14-8-13(17)7-12(2)18-14/h3,6-8,15H,4-5,9-10H2,1-2H3,(H2,17,18)/t15-/m0/s1. The fraction of sp³-hybridized carbons (Fsp3) is 0.438. The van der Waals surface area contributed by atoms with Crippen molar-refractivity contribution in [2.75, 3.05) is 25.4 Å². The number of pyridine rings is 1. The van der Waals surface area contributed by atoms with Gasteiger partial charge in [-0.2, -0.15) is 0 Å². The van der Waals surface area contributed by atoms with Crippen molar-refractivity contribution in [2.24, 2.45) is 0 Å². The maximum atomic E-state index is 5.92. The summed E-state index contributed by atoms with van der Waals surface area (Å²) in [4.78, 5) is 8.45. The summed E-state index contributed by atoms with van der Waals surface area (Å²) < 4.78 is 5.90. The lowest BCUT2D eigenvalue weighted by molar-refractivity contribution is -0.0347. The van der Waals surface area contributed by atoms with Crippen molar-refractivity contribution in [1.82, 2.24) is 9.88 Å². The van der Waals surface area contributed by atoms with Gasteiger partial charge in [0.25, 0.3) is 0 Å². The third-order valence-electron chi connectivity index (χ3n) is 3.81. The number of hydrogen-bond acceptors (Lipinski definition) is 5. The van der Waals surface area contributed by atoms with Crippen LogP contribution in [-0.4, -0.2) is 29.6 Å². The summed E-state index contributed by atoms with van der Waals surface area (Å²) in [6, 6.07) is 6.00. The van der Waals surface area contributed by atoms with Crippen LogP contribution in [0.15, 0.2) is 23.6 Å². The number of rotatable bonds is 3. The van der Waals surface area contributed by atoms with E-state index in [4.69, 9.17) is 10.5 Å². The summed E-state index contributed by atoms with van der Waals surface area (Å²) in [5.41, 5.74) is 9.94. The molecule has 0 bridgehead atoms. The van der Waals surface area contributed by atoms with Crippen molar-refractivity contribution in [3.63, 3.8) is 0 Å². The lowest BCUT2D eigenvalue weighted by Crippen LogP contribution is -2.38. The molecular formula is C16H21N3OS. The highest BCUT2D eigenvalue weighted by Crippen LogP contribution is 2.25. The molecule has 1 atom stereocenters. The SMILES string of the molecule is Cc1cc(N)cc([C@@H]2CN(Cc3sccc3C)CCO2)n1. The molecule has 0 radical (unpaired) electrons. The quantitative estimate of drug-likeness (QED) is 0.947. The molecule has 0 aromatic carbocycles. The van der Waals surface area contributed by atoms with Gasteiger partial charge in [-0.1, -0.05) is 0 Å². The normalized spacial score (nSPS) is 19.8. The third-order valence-corrected chi connectivity index (χ3v) is 4.82. The molecule has 0 spiro atoms. The van der Waals surface area contributed by atoms with Crippen LogP contribution in [0.4, 0.5) is 5.69 Å². The molecule has 112 valence electrons. The number of thiophene rings is 1. The third kappa shape index (κ3) is 3.43. The maximum Gasteiger partial charge on any atom is 0.112 e. The minimum atomic E-state index is 0.0150. The molecule has 1 fully saturated rings. The van der Waals surface area contributed by atoms with E-state index in [1.54, 1.807) is 0 Å². The first-order valence-electron chi connectivity index (χ1n) is 7.23. The van der Waals surface area contributed by atoms with Gasteiger partial charge in [-0.15, -0.1) is 11.3 Å². The van der Waals surface area contributed by atoms with Crippen molar-refractivity contribution in [2.45, 2.75) is 26.5 Å². The fourth-order valence-electron chi connectivity index (χ4n) is 2.68. The predicted molar refractivity (Wildman–Crippen MR) is 86.4 cm³/mol. The van der Waals surface area contributed by atoms with E-state index >= 15 is 0 Å². The van der Waals surface area contributed by atoms with Crippen LogP contribution in [0.5, 0.6) is 0 Å². The second-order valence-electron chi connectivity index (χ2n) is 5.59. The van der Waals surface area contributed by atoms with Crippen LogP contribution in [0.1, 0.15) is 27.9 Å². The van der Waals surface area contributed by atoms with Gasteiger partial charge in [0.1, 0.15) is 6.10 Å². The first kappa shape index (κ1) is 14.5. The van der Waals surface area contributed by atoms with E-state index in [-0.39, 0.29) is 6.10 Å². The Labute approximate surface area is 129 Å². The van der Waals surface area contributed by atoms with Crippen molar-refractivity contribution in [3.05, 3.63) is 45.4 Å². The first-order chi connectivity index (χ1) is 10.1. The molecule has 2 N–H and O–H groups in total. The molecule has 21 heavy (non-hydrogen) atoms. The van der Waals surface area contributed by atoms with Crippen molar-refractivity contribution in [3.8, 4) is 0 Å². The van der Waals surface area contributed by atoms with Crippen molar-refractivity contribution >= 4 is 17.0 Å². The van der Waals surface area contributed by atoms with Gasteiger partial charge in [-0.3, -0.25) is 9.88 Å². The molecule has 2 aromatic rings. The Hall–Kier alpha value is -1.43. The van der Waals surface area contributed by atoms with Gasteiger partial charge in [-0.05, 0) is 43.0 Å². The molecule has 0 aliphatic carbocycles. The van der Waals surface area contributed by atoms with Crippen LogP contribution in [0.25, 0.3) is 0 Å². The zero-order valence-electron chi connectivity index (χ0n) is 12.5. The molecule has 1 saturated heterocycles. The minimum absolute atomic E-state index is 0.0150. The molecule has 0 amide bonds. The summed E-state index contributed by atoms with van der Waals surface area (Å²) in [6.07, 6.45) is 0.0150. The molecule has 4 nitrogen and oxygen atoms in total. The van der Waals surface area contributed by atoms with Crippen LogP contribution in [-0.2, 0) is 11.3 Å². The molecule has 3 rings (SSSR count). The molecule has 5 heteroatoms. The molecular weight excluding hydrogens is 282 g/mol. The minimum Gasteiger partial charge on any atom is -0.399 e. The van der Waals surface area contributed by atoms with Gasteiger partial charge in [0.15, 0.2) is 0 Å². The summed E-state index contributed by atoms with van der Waals surface area (Å²) >= 11 is 1.83. The average molecular weight is 303 g/mol. The van der Waals surface area contributed by atoms with Crippen LogP contribution < -0.4 is 5.73 Å². The Balaban J connectivity index is 1.72. The maximum absolute atomic E-state index is 5.92. The van der Waals surface area contributed by atoms with Gasteiger partial charge in [0.2, 0.25) is 0 Å². The Morgan fingerprint density at radius 1 is 1.43 bits per heavy atom. The Morgan fingerprint density at radius 3 is 3.00 bits per heavy atom. The van der Waals surface area contributed by atoms with E-state index in [1.165, 1.54) is 10.4 Å². The van der Waals surface area contributed by atoms with Gasteiger partial charge in [0.05, 0.1) is 12.3 Å². The van der Waals surface area contributed by atoms with E-state index in [0.717, 1.165) is 43.3 Å². The first-order valence-corrected chi connectivity index (χ1v) is 8.11. The van der Waals surface area contributed by atoms with Crippen LogP contribution in [0.3, 0.4) is 0 Å². The van der Waals surface area contributed by atoms with E-state index in [1.807, 2.05) is 30.4 Å². The second-order valence-corrected chi connectivity index (χ2v) is 6.59. The van der Waals surface area contributed by atoms with Gasteiger partial charge in [0, 0.05) is 35.9 Å². The monoisotopic (exact) mass is 303 g/mol. The summed E-state index contributed by atoms with van der Waals surface area (Å²) in [6.45, 7) is 7.71. The van der Waals surface area contributed by atoms with E-state index in [0.29, 0.717) is 0 Å². The zero-order valence-corrected chi connectivity index (χ0v) is 13.3. The van der Waals surface area contributed by atoms with Crippen LogP contribution >= 0.6 is 11.3 Å². The lowest BCUT2D eigenvalue weighted by Gasteiger charge is -2.32. The number of aromatic nitrogens is 1. The smallest absolute Gasteiger partial charge is 0.112 e. The second kappa shape index (κ2) is 6.13. The van der Waals surface area contributed by atoms with E-state index in [9.17, 15) is 0 Å². The van der Waals surface area contributed by atoms with E-state index < -0.39 is 0 Å². The topological polar surface area (TPSA) is 51.4 Å². The van der Waals surface area contributed by atoms with Crippen LogP contribution in [0, 0.1) is 13.8 Å². The molecule has 2 aromatic heterocycles. The number of nitrogens with zero attached hydrogens (tertiary/aromatic N) is 2. The number of aryl methyl sites for hydroxylation is 2. The highest BCUT2D eigenvalue weighted by molar-refractivity contribution is 7.10. The Bertz CT molecular complexity index is 605. The Morgan fingerprint density at radius 2 is 2.29 bits per heavy atom.